The van der Waals surface area contributed by atoms with Crippen LogP contribution >= 0.6 is 0 Å². The number of rotatable bonds is 1. The van der Waals surface area contributed by atoms with Crippen LogP contribution in [0.1, 0.15) is 17.5 Å². The zero-order valence-electron chi connectivity index (χ0n) is 9.71. The summed E-state index contributed by atoms with van der Waals surface area (Å²) in [5.74, 6) is 0. The summed E-state index contributed by atoms with van der Waals surface area (Å²) < 4.78 is 0. The smallest absolute Gasteiger partial charge is 0.321 e. The Morgan fingerprint density at radius 2 is 2.00 bits per heavy atom. The fraction of sp³-hybridized carbons (Fsp3) is 0.417. The fourth-order valence-corrected chi connectivity index (χ4v) is 1.92. The van der Waals surface area contributed by atoms with Gasteiger partial charge in [-0.3, -0.25) is 4.90 Å². The molecule has 3 N–H and O–H groups in total. The van der Waals surface area contributed by atoms with E-state index in [1.54, 1.807) is 4.90 Å². The zero-order chi connectivity index (χ0) is 11.7. The number of carbonyl (C=O) groups excluding carboxylic acids is 1. The van der Waals surface area contributed by atoms with Crippen LogP contribution in [0, 0.1) is 13.8 Å². The molecule has 86 valence electrons. The van der Waals surface area contributed by atoms with Crippen LogP contribution < -0.4 is 16.0 Å². The van der Waals surface area contributed by atoms with E-state index in [0.717, 1.165) is 36.3 Å². The quantitative estimate of drug-likeness (QED) is 0.708. The van der Waals surface area contributed by atoms with Gasteiger partial charge in [-0.25, -0.2) is 4.79 Å². The van der Waals surface area contributed by atoms with Gasteiger partial charge in [-0.2, -0.15) is 0 Å². The molecule has 2 rings (SSSR count). The van der Waals surface area contributed by atoms with E-state index in [9.17, 15) is 4.79 Å². The van der Waals surface area contributed by atoms with Crippen LogP contribution in [0.3, 0.4) is 0 Å². The van der Waals surface area contributed by atoms with Crippen molar-refractivity contribution in [3.63, 3.8) is 0 Å². The van der Waals surface area contributed by atoms with E-state index in [2.05, 4.69) is 5.32 Å². The van der Waals surface area contributed by atoms with Crippen LogP contribution in [0.4, 0.5) is 16.2 Å². The minimum absolute atomic E-state index is 0.0544. The summed E-state index contributed by atoms with van der Waals surface area (Å²) >= 11 is 0. The molecule has 1 aromatic carbocycles. The van der Waals surface area contributed by atoms with Crippen molar-refractivity contribution in [3.05, 3.63) is 23.3 Å². The lowest BCUT2D eigenvalue weighted by Gasteiger charge is -2.29. The van der Waals surface area contributed by atoms with Crippen molar-refractivity contribution in [1.29, 1.82) is 0 Å². The van der Waals surface area contributed by atoms with Crippen LogP contribution in [-0.2, 0) is 0 Å². The Balaban J connectivity index is 2.39. The molecule has 0 atom stereocenters. The number of aryl methyl sites for hydroxylation is 2. The Hall–Kier alpha value is -1.71. The number of carbonyl (C=O) groups is 1. The first kappa shape index (κ1) is 10.8. The first-order valence-corrected chi connectivity index (χ1v) is 5.51. The summed E-state index contributed by atoms with van der Waals surface area (Å²) in [6, 6.07) is 3.85. The maximum Gasteiger partial charge on any atom is 0.321 e. The van der Waals surface area contributed by atoms with E-state index in [0.29, 0.717) is 5.69 Å². The third kappa shape index (κ3) is 1.83. The molecule has 1 fully saturated rings. The molecule has 0 spiro atoms. The van der Waals surface area contributed by atoms with Crippen LogP contribution in [0.25, 0.3) is 0 Å². The van der Waals surface area contributed by atoms with Crippen molar-refractivity contribution in [2.24, 2.45) is 0 Å². The highest BCUT2D eigenvalue weighted by Crippen LogP contribution is 2.27. The summed E-state index contributed by atoms with van der Waals surface area (Å²) in [6.45, 7) is 5.53. The molecule has 0 bridgehead atoms. The standard InChI is InChI=1S/C12H17N3O/c1-8-6-10(13)11(7-9(8)2)15-5-3-4-14-12(15)16/h6-7H,3-5,13H2,1-2H3,(H,14,16). The summed E-state index contributed by atoms with van der Waals surface area (Å²) in [5, 5.41) is 2.82. The average molecular weight is 219 g/mol. The molecule has 0 aromatic heterocycles. The number of urea groups is 1. The summed E-state index contributed by atoms with van der Waals surface area (Å²) in [5.41, 5.74) is 9.75. The van der Waals surface area contributed by atoms with Crippen molar-refractivity contribution >= 4 is 17.4 Å². The molecule has 16 heavy (non-hydrogen) atoms. The zero-order valence-corrected chi connectivity index (χ0v) is 9.71. The van der Waals surface area contributed by atoms with Gasteiger partial charge in [0.15, 0.2) is 0 Å². The van der Waals surface area contributed by atoms with Gasteiger partial charge < -0.3 is 11.1 Å². The number of hydrogen-bond donors (Lipinski definition) is 2. The summed E-state index contributed by atoms with van der Waals surface area (Å²) in [6.07, 6.45) is 0.956. The van der Waals surface area contributed by atoms with E-state index in [1.165, 1.54) is 0 Å². The van der Waals surface area contributed by atoms with Crippen molar-refractivity contribution in [3.8, 4) is 0 Å². The third-order valence-electron chi connectivity index (χ3n) is 3.01. The Bertz CT molecular complexity index is 429. The van der Waals surface area contributed by atoms with Gasteiger partial charge in [-0.15, -0.1) is 0 Å². The Morgan fingerprint density at radius 3 is 2.69 bits per heavy atom. The number of nitrogen functional groups attached to an aromatic ring is 1. The SMILES string of the molecule is Cc1cc(N)c(N2CCCNC2=O)cc1C. The van der Waals surface area contributed by atoms with Gasteiger partial charge in [-0.1, -0.05) is 0 Å². The second-order valence-corrected chi connectivity index (χ2v) is 4.23. The molecule has 4 nitrogen and oxygen atoms in total. The summed E-state index contributed by atoms with van der Waals surface area (Å²) in [7, 11) is 0. The van der Waals surface area contributed by atoms with Crippen molar-refractivity contribution in [1.82, 2.24) is 5.32 Å². The molecule has 1 heterocycles. The maximum atomic E-state index is 11.7. The van der Waals surface area contributed by atoms with Gasteiger partial charge in [0.1, 0.15) is 0 Å². The van der Waals surface area contributed by atoms with Crippen LogP contribution in [0.15, 0.2) is 12.1 Å². The van der Waals surface area contributed by atoms with Crippen LogP contribution in [0.2, 0.25) is 0 Å². The largest absolute Gasteiger partial charge is 0.397 e. The predicted octanol–water partition coefficient (Wildman–Crippen LogP) is 1.81. The van der Waals surface area contributed by atoms with Gasteiger partial charge in [0.05, 0.1) is 11.4 Å². The monoisotopic (exact) mass is 219 g/mol. The molecule has 0 saturated carbocycles. The van der Waals surface area contributed by atoms with Gasteiger partial charge in [-0.05, 0) is 43.5 Å². The third-order valence-corrected chi connectivity index (χ3v) is 3.01. The van der Waals surface area contributed by atoms with Crippen molar-refractivity contribution < 1.29 is 4.79 Å². The van der Waals surface area contributed by atoms with Crippen LogP contribution in [0.5, 0.6) is 0 Å². The number of nitrogens with two attached hydrogens (primary N) is 1. The lowest BCUT2D eigenvalue weighted by atomic mass is 10.1. The minimum atomic E-state index is -0.0544. The maximum absolute atomic E-state index is 11.7. The van der Waals surface area contributed by atoms with Gasteiger partial charge in [0.25, 0.3) is 0 Å². The van der Waals surface area contributed by atoms with E-state index >= 15 is 0 Å². The number of amides is 2. The molecule has 0 aliphatic carbocycles. The van der Waals surface area contributed by atoms with Gasteiger partial charge in [0, 0.05) is 13.1 Å². The number of hydrogen-bond acceptors (Lipinski definition) is 2. The molecule has 0 radical (unpaired) electrons. The first-order chi connectivity index (χ1) is 7.59. The topological polar surface area (TPSA) is 58.4 Å². The molecule has 1 aliphatic heterocycles. The highest BCUT2D eigenvalue weighted by molar-refractivity contribution is 5.96. The van der Waals surface area contributed by atoms with Gasteiger partial charge >= 0.3 is 6.03 Å². The Kier molecular flexibility index (Phi) is 2.73. The normalized spacial score (nSPS) is 16.1. The molecular formula is C12H17N3O. The highest BCUT2D eigenvalue weighted by atomic mass is 16.2. The molecule has 1 aliphatic rings. The molecule has 1 saturated heterocycles. The van der Waals surface area contributed by atoms with Gasteiger partial charge in [0.2, 0.25) is 0 Å². The number of nitrogens with one attached hydrogen (secondary N) is 1. The predicted molar refractivity (Wildman–Crippen MR) is 65.7 cm³/mol. The molecule has 0 unspecified atom stereocenters. The highest BCUT2D eigenvalue weighted by Gasteiger charge is 2.21. The average Bonchev–Trinajstić information content (AvgIpc) is 2.25. The Morgan fingerprint density at radius 1 is 1.31 bits per heavy atom. The molecule has 2 amide bonds. The molecule has 4 heteroatoms. The number of nitrogens with zero attached hydrogens (tertiary/aromatic N) is 1. The fourth-order valence-electron chi connectivity index (χ4n) is 1.92. The van der Waals surface area contributed by atoms with Crippen molar-refractivity contribution in [2.75, 3.05) is 23.7 Å². The van der Waals surface area contributed by atoms with E-state index in [-0.39, 0.29) is 6.03 Å². The second-order valence-electron chi connectivity index (χ2n) is 4.23. The summed E-state index contributed by atoms with van der Waals surface area (Å²) in [4.78, 5) is 13.4. The Labute approximate surface area is 95.4 Å². The number of anilines is 2. The van der Waals surface area contributed by atoms with E-state index < -0.39 is 0 Å². The first-order valence-electron chi connectivity index (χ1n) is 5.51. The van der Waals surface area contributed by atoms with E-state index in [4.69, 9.17) is 5.73 Å². The van der Waals surface area contributed by atoms with Crippen LogP contribution in [-0.4, -0.2) is 19.1 Å². The molecular weight excluding hydrogens is 202 g/mol. The lowest BCUT2D eigenvalue weighted by Crippen LogP contribution is -2.46. The van der Waals surface area contributed by atoms with E-state index in [1.807, 2.05) is 26.0 Å². The minimum Gasteiger partial charge on any atom is -0.397 e. The number of benzene rings is 1. The molecule has 1 aromatic rings. The van der Waals surface area contributed by atoms with Crippen molar-refractivity contribution in [2.45, 2.75) is 20.3 Å². The lowest BCUT2D eigenvalue weighted by molar-refractivity contribution is 0.243. The second kappa shape index (κ2) is 4.04.